The predicted molar refractivity (Wildman–Crippen MR) is 59.7 cm³/mol. The summed E-state index contributed by atoms with van der Waals surface area (Å²) in [6.07, 6.45) is 0.758. The maximum absolute atomic E-state index is 11.5. The van der Waals surface area contributed by atoms with Crippen molar-refractivity contribution in [1.82, 2.24) is 9.97 Å². The number of hydrogen-bond acceptors (Lipinski definition) is 5. The Hall–Kier alpha value is -0.880. The average molecular weight is 263 g/mol. The number of aryl methyl sites for hydroxylation is 1. The molecule has 2 rings (SSSR count). The third kappa shape index (κ3) is 2.27. The average Bonchev–Trinajstić information content (AvgIpc) is 2.37. The lowest BCUT2D eigenvalue weighted by atomic mass is 10.1. The van der Waals surface area contributed by atoms with Crippen LogP contribution in [-0.2, 0) is 22.7 Å². The highest BCUT2D eigenvalue weighted by Crippen LogP contribution is 2.25. The molecule has 0 radical (unpaired) electrons. The van der Waals surface area contributed by atoms with Gasteiger partial charge in [0.2, 0.25) is 11.2 Å². The highest BCUT2D eigenvalue weighted by Gasteiger charge is 2.23. The second-order valence-electron chi connectivity index (χ2n) is 3.58. The first-order valence-corrected chi connectivity index (χ1v) is 7.01. The number of nitrogens with zero attached hydrogens (tertiary/aromatic N) is 2. The number of hydrogen-bond donors (Lipinski definition) is 0. The van der Waals surface area contributed by atoms with Crippen molar-refractivity contribution in [1.29, 1.82) is 0 Å². The Morgan fingerprint density at radius 2 is 1.94 bits per heavy atom. The highest BCUT2D eigenvalue weighted by molar-refractivity contribution is 7.91. The molecule has 0 aromatic carbocycles. The summed E-state index contributed by atoms with van der Waals surface area (Å²) in [6.45, 7) is 0. The van der Waals surface area contributed by atoms with E-state index in [4.69, 9.17) is 16.3 Å². The van der Waals surface area contributed by atoms with Gasteiger partial charge in [-0.1, -0.05) is 0 Å². The first kappa shape index (κ1) is 11.6. The SMILES string of the molecule is COc1nc(Cl)nc2c1CCS(=O)(=O)CC2. The molecule has 0 saturated carbocycles. The summed E-state index contributed by atoms with van der Waals surface area (Å²) in [5, 5.41) is 0.0925. The summed E-state index contributed by atoms with van der Waals surface area (Å²) in [5.41, 5.74) is 1.44. The van der Waals surface area contributed by atoms with Crippen LogP contribution in [0.5, 0.6) is 5.88 Å². The fourth-order valence-corrected chi connectivity index (χ4v) is 3.12. The molecule has 1 aromatic rings. The van der Waals surface area contributed by atoms with Crippen LogP contribution >= 0.6 is 11.6 Å². The van der Waals surface area contributed by atoms with E-state index in [2.05, 4.69) is 9.97 Å². The minimum atomic E-state index is -2.99. The van der Waals surface area contributed by atoms with Gasteiger partial charge >= 0.3 is 0 Å². The van der Waals surface area contributed by atoms with Crippen molar-refractivity contribution < 1.29 is 13.2 Å². The molecule has 0 spiro atoms. The molecule has 1 aromatic heterocycles. The van der Waals surface area contributed by atoms with E-state index < -0.39 is 9.84 Å². The summed E-state index contributed by atoms with van der Waals surface area (Å²) in [4.78, 5) is 7.99. The topological polar surface area (TPSA) is 69.2 Å². The molecule has 0 N–H and O–H groups in total. The molecule has 0 bridgehead atoms. The summed E-state index contributed by atoms with van der Waals surface area (Å²) < 4.78 is 28.1. The van der Waals surface area contributed by atoms with E-state index in [0.29, 0.717) is 24.4 Å². The monoisotopic (exact) mass is 262 g/mol. The third-order valence-electron chi connectivity index (χ3n) is 2.53. The maximum Gasteiger partial charge on any atom is 0.225 e. The fraction of sp³-hybridized carbons (Fsp3) is 0.556. The van der Waals surface area contributed by atoms with Crippen molar-refractivity contribution in [3.63, 3.8) is 0 Å². The van der Waals surface area contributed by atoms with E-state index in [0.717, 1.165) is 5.56 Å². The lowest BCUT2D eigenvalue weighted by molar-refractivity contribution is 0.391. The van der Waals surface area contributed by atoms with E-state index in [1.54, 1.807) is 0 Å². The Balaban J connectivity index is 2.49. The number of aromatic nitrogens is 2. The number of rotatable bonds is 1. The van der Waals surface area contributed by atoms with Crippen LogP contribution in [0.25, 0.3) is 0 Å². The van der Waals surface area contributed by atoms with Gasteiger partial charge in [-0.15, -0.1) is 0 Å². The summed E-state index contributed by atoms with van der Waals surface area (Å²) >= 11 is 5.73. The first-order chi connectivity index (χ1) is 7.52. The van der Waals surface area contributed by atoms with Crippen LogP contribution in [-0.4, -0.2) is 37.0 Å². The predicted octanol–water partition coefficient (Wildman–Crippen LogP) is 0.652. The van der Waals surface area contributed by atoms with Crippen molar-refractivity contribution in [3.05, 3.63) is 16.5 Å². The number of halogens is 1. The molecule has 7 heteroatoms. The minimum absolute atomic E-state index is 0.0925. The van der Waals surface area contributed by atoms with Crippen molar-refractivity contribution in [2.24, 2.45) is 0 Å². The molecule has 5 nitrogen and oxygen atoms in total. The molecule has 1 aliphatic heterocycles. The quantitative estimate of drug-likeness (QED) is 0.695. The molecule has 1 aliphatic rings. The summed E-state index contributed by atoms with van der Waals surface area (Å²) in [5.74, 6) is 0.602. The third-order valence-corrected chi connectivity index (χ3v) is 4.36. The molecule has 0 aliphatic carbocycles. The van der Waals surface area contributed by atoms with E-state index in [1.165, 1.54) is 7.11 Å². The van der Waals surface area contributed by atoms with Crippen LogP contribution in [0.3, 0.4) is 0 Å². The van der Waals surface area contributed by atoms with Crippen LogP contribution in [0, 0.1) is 0 Å². The van der Waals surface area contributed by atoms with Crippen LogP contribution in [0.1, 0.15) is 11.3 Å². The lowest BCUT2D eigenvalue weighted by Crippen LogP contribution is -2.10. The molecule has 88 valence electrons. The number of methoxy groups -OCH3 is 1. The number of sulfone groups is 1. The zero-order valence-corrected chi connectivity index (χ0v) is 10.3. The van der Waals surface area contributed by atoms with Crippen molar-refractivity contribution in [3.8, 4) is 5.88 Å². The fourth-order valence-electron chi connectivity index (χ4n) is 1.72. The van der Waals surface area contributed by atoms with Crippen LogP contribution < -0.4 is 4.74 Å². The maximum atomic E-state index is 11.5. The second kappa shape index (κ2) is 4.18. The molecule has 0 atom stereocenters. The molecule has 0 fully saturated rings. The normalized spacial score (nSPS) is 18.6. The highest BCUT2D eigenvalue weighted by atomic mass is 35.5. The van der Waals surface area contributed by atoms with Gasteiger partial charge in [0.1, 0.15) is 0 Å². The van der Waals surface area contributed by atoms with E-state index in [9.17, 15) is 8.42 Å². The smallest absolute Gasteiger partial charge is 0.225 e. The standard InChI is InChI=1S/C9H11ClN2O3S/c1-15-8-6-2-4-16(13,14)5-3-7(6)11-9(10)12-8/h2-5H2,1H3. The van der Waals surface area contributed by atoms with Gasteiger partial charge in [0.25, 0.3) is 0 Å². The largest absolute Gasteiger partial charge is 0.481 e. The summed E-state index contributed by atoms with van der Waals surface area (Å²) in [7, 11) is -1.51. The van der Waals surface area contributed by atoms with Gasteiger partial charge < -0.3 is 4.74 Å². The number of fused-ring (bicyclic) bond motifs is 1. The van der Waals surface area contributed by atoms with Crippen molar-refractivity contribution in [2.75, 3.05) is 18.6 Å². The molecule has 2 heterocycles. The second-order valence-corrected chi connectivity index (χ2v) is 6.22. The zero-order valence-electron chi connectivity index (χ0n) is 8.73. The van der Waals surface area contributed by atoms with Crippen molar-refractivity contribution >= 4 is 21.4 Å². The molecule has 0 saturated heterocycles. The Morgan fingerprint density at radius 3 is 2.62 bits per heavy atom. The van der Waals surface area contributed by atoms with Crippen LogP contribution in [0.4, 0.5) is 0 Å². The molecule has 0 amide bonds. The van der Waals surface area contributed by atoms with E-state index in [1.807, 2.05) is 0 Å². The molecule has 0 unspecified atom stereocenters. The van der Waals surface area contributed by atoms with Gasteiger partial charge in [0.05, 0.1) is 24.3 Å². The summed E-state index contributed by atoms with van der Waals surface area (Å²) in [6, 6.07) is 0. The van der Waals surface area contributed by atoms with Gasteiger partial charge in [-0.05, 0) is 18.0 Å². The Bertz CT molecular complexity index is 516. The minimum Gasteiger partial charge on any atom is -0.481 e. The Labute approximate surface area is 98.7 Å². The molecular weight excluding hydrogens is 252 g/mol. The van der Waals surface area contributed by atoms with E-state index >= 15 is 0 Å². The van der Waals surface area contributed by atoms with E-state index in [-0.39, 0.29) is 16.8 Å². The van der Waals surface area contributed by atoms with Gasteiger partial charge in [-0.3, -0.25) is 0 Å². The van der Waals surface area contributed by atoms with Crippen LogP contribution in [0.2, 0.25) is 5.28 Å². The lowest BCUT2D eigenvalue weighted by Gasteiger charge is -2.08. The zero-order chi connectivity index (χ0) is 11.8. The van der Waals surface area contributed by atoms with Gasteiger partial charge in [0.15, 0.2) is 9.84 Å². The van der Waals surface area contributed by atoms with Gasteiger partial charge in [-0.25, -0.2) is 13.4 Å². The van der Waals surface area contributed by atoms with Gasteiger partial charge in [0, 0.05) is 12.0 Å². The Kier molecular flexibility index (Phi) is 3.03. The van der Waals surface area contributed by atoms with Crippen molar-refractivity contribution in [2.45, 2.75) is 12.8 Å². The van der Waals surface area contributed by atoms with Gasteiger partial charge in [-0.2, -0.15) is 4.98 Å². The van der Waals surface area contributed by atoms with Crippen LogP contribution in [0.15, 0.2) is 0 Å². The molecular formula is C9H11ClN2O3S. The first-order valence-electron chi connectivity index (χ1n) is 4.81. The Morgan fingerprint density at radius 1 is 1.25 bits per heavy atom. The number of ether oxygens (including phenoxy) is 1. The molecule has 16 heavy (non-hydrogen) atoms.